The minimum Gasteiger partial charge on any atom is -0.362 e. The molecule has 1 saturated heterocycles. The zero-order valence-corrected chi connectivity index (χ0v) is 13.7. The topological polar surface area (TPSA) is 15.3 Å². The molecule has 1 aliphatic heterocycles. The zero-order chi connectivity index (χ0) is 15.8. The monoisotopic (exact) mass is 296 g/mol. The third kappa shape index (κ3) is 3.73. The molecule has 0 aromatic heterocycles. The van der Waals surface area contributed by atoms with E-state index in [-0.39, 0.29) is 16.8 Å². The van der Waals surface area contributed by atoms with E-state index in [4.69, 9.17) is 0 Å². The molecular formula is C17H26F2N2. The molecule has 1 aromatic rings. The fraction of sp³-hybridized carbons (Fsp3) is 0.647. The van der Waals surface area contributed by atoms with Crippen LogP contribution in [0.15, 0.2) is 12.1 Å². The van der Waals surface area contributed by atoms with Crippen molar-refractivity contribution in [2.75, 3.05) is 11.4 Å². The molecule has 0 radical (unpaired) electrons. The Bertz CT molecular complexity index is 495. The molecule has 2 rings (SSSR count). The molecule has 1 N–H and O–H groups in total. The Labute approximate surface area is 126 Å². The van der Waals surface area contributed by atoms with Crippen LogP contribution in [0, 0.1) is 11.6 Å². The Morgan fingerprint density at radius 1 is 1.19 bits per heavy atom. The number of nitrogens with zero attached hydrogens (tertiary/aromatic N) is 1. The lowest BCUT2D eigenvalue weighted by Gasteiger charge is -2.34. The fourth-order valence-electron chi connectivity index (χ4n) is 2.87. The third-order valence-electron chi connectivity index (χ3n) is 4.07. The minimum atomic E-state index is -0.462. The van der Waals surface area contributed by atoms with Crippen LogP contribution in [-0.2, 0) is 6.54 Å². The maximum absolute atomic E-state index is 14.4. The summed E-state index contributed by atoms with van der Waals surface area (Å²) in [5.74, 6) is -0.925. The highest BCUT2D eigenvalue weighted by Crippen LogP contribution is 2.37. The first-order chi connectivity index (χ1) is 9.60. The van der Waals surface area contributed by atoms with Gasteiger partial charge in [-0.1, -0.05) is 0 Å². The molecule has 1 aliphatic rings. The molecule has 0 saturated carbocycles. The van der Waals surface area contributed by atoms with Crippen molar-refractivity contribution in [2.24, 2.45) is 0 Å². The summed E-state index contributed by atoms with van der Waals surface area (Å²) < 4.78 is 28.8. The fourth-order valence-corrected chi connectivity index (χ4v) is 2.87. The van der Waals surface area contributed by atoms with Crippen LogP contribution in [0.3, 0.4) is 0 Å². The van der Waals surface area contributed by atoms with E-state index >= 15 is 0 Å². The summed E-state index contributed by atoms with van der Waals surface area (Å²) in [4.78, 5) is 1.86. The Balaban J connectivity index is 2.26. The second-order valence-electron chi connectivity index (χ2n) is 7.58. The van der Waals surface area contributed by atoms with Crippen molar-refractivity contribution in [3.05, 3.63) is 29.3 Å². The maximum atomic E-state index is 14.4. The normalized spacial score (nSPS) is 18.3. The van der Waals surface area contributed by atoms with Crippen LogP contribution in [-0.4, -0.2) is 17.6 Å². The van der Waals surface area contributed by atoms with Crippen molar-refractivity contribution in [2.45, 2.75) is 65.1 Å². The summed E-state index contributed by atoms with van der Waals surface area (Å²) in [6, 6.07) is 2.90. The van der Waals surface area contributed by atoms with Gasteiger partial charge in [-0.3, -0.25) is 0 Å². The van der Waals surface area contributed by atoms with Gasteiger partial charge in [0.25, 0.3) is 0 Å². The number of hydrogen-bond donors (Lipinski definition) is 1. The van der Waals surface area contributed by atoms with Gasteiger partial charge >= 0.3 is 0 Å². The Morgan fingerprint density at radius 2 is 1.76 bits per heavy atom. The van der Waals surface area contributed by atoms with E-state index in [1.54, 1.807) is 0 Å². The number of hydrogen-bond acceptors (Lipinski definition) is 2. The van der Waals surface area contributed by atoms with Crippen LogP contribution in [0.25, 0.3) is 0 Å². The third-order valence-corrected chi connectivity index (χ3v) is 4.07. The molecule has 0 bridgehead atoms. The van der Waals surface area contributed by atoms with Crippen LogP contribution >= 0.6 is 0 Å². The van der Waals surface area contributed by atoms with Crippen molar-refractivity contribution >= 4 is 5.69 Å². The quantitative estimate of drug-likeness (QED) is 0.898. The van der Waals surface area contributed by atoms with Crippen molar-refractivity contribution in [1.82, 2.24) is 5.32 Å². The van der Waals surface area contributed by atoms with E-state index in [0.717, 1.165) is 12.8 Å². The average Bonchev–Trinajstić information content (AvgIpc) is 2.65. The van der Waals surface area contributed by atoms with Crippen molar-refractivity contribution in [1.29, 1.82) is 0 Å². The van der Waals surface area contributed by atoms with Crippen molar-refractivity contribution < 1.29 is 8.78 Å². The molecule has 4 heteroatoms. The Morgan fingerprint density at radius 3 is 2.19 bits per heavy atom. The molecule has 0 unspecified atom stereocenters. The standard InChI is InChI=1S/C17H26F2N2/c1-16(2,3)20-11-12-9-13(18)15(14(19)10-12)21-8-6-7-17(21,4)5/h9-10,20H,6-8,11H2,1-5H3. The van der Waals surface area contributed by atoms with E-state index in [1.807, 2.05) is 39.5 Å². The van der Waals surface area contributed by atoms with Gasteiger partial charge < -0.3 is 10.2 Å². The number of rotatable bonds is 3. The summed E-state index contributed by atoms with van der Waals surface area (Å²) in [6.45, 7) is 11.3. The zero-order valence-electron chi connectivity index (χ0n) is 13.7. The second kappa shape index (κ2) is 5.56. The predicted octanol–water partition coefficient (Wildman–Crippen LogP) is 4.23. The van der Waals surface area contributed by atoms with Crippen LogP contribution in [0.4, 0.5) is 14.5 Å². The minimum absolute atomic E-state index is 0.0808. The highest BCUT2D eigenvalue weighted by atomic mass is 19.1. The van der Waals surface area contributed by atoms with E-state index in [0.29, 0.717) is 18.7 Å². The van der Waals surface area contributed by atoms with Gasteiger partial charge in [0.2, 0.25) is 0 Å². The predicted molar refractivity (Wildman–Crippen MR) is 83.6 cm³/mol. The van der Waals surface area contributed by atoms with Crippen LogP contribution in [0.1, 0.15) is 53.0 Å². The van der Waals surface area contributed by atoms with Crippen molar-refractivity contribution in [3.8, 4) is 0 Å². The van der Waals surface area contributed by atoms with Gasteiger partial charge in [-0.15, -0.1) is 0 Å². The molecule has 1 fully saturated rings. The first kappa shape index (κ1) is 16.2. The first-order valence-electron chi connectivity index (χ1n) is 7.61. The lowest BCUT2D eigenvalue weighted by atomic mass is 10.0. The molecule has 21 heavy (non-hydrogen) atoms. The maximum Gasteiger partial charge on any atom is 0.149 e. The summed E-state index contributed by atoms with van der Waals surface area (Å²) >= 11 is 0. The second-order valence-corrected chi connectivity index (χ2v) is 7.58. The molecule has 2 nitrogen and oxygen atoms in total. The van der Waals surface area contributed by atoms with E-state index in [2.05, 4.69) is 5.32 Å². The Hall–Kier alpha value is -1.16. The first-order valence-corrected chi connectivity index (χ1v) is 7.61. The Kier molecular flexibility index (Phi) is 4.29. The SMILES string of the molecule is CC(C)(C)NCc1cc(F)c(N2CCCC2(C)C)c(F)c1. The van der Waals surface area contributed by atoms with E-state index in [9.17, 15) is 8.78 Å². The largest absolute Gasteiger partial charge is 0.362 e. The average molecular weight is 296 g/mol. The van der Waals surface area contributed by atoms with E-state index < -0.39 is 11.6 Å². The smallest absolute Gasteiger partial charge is 0.149 e. The lowest BCUT2D eigenvalue weighted by Crippen LogP contribution is -2.39. The van der Waals surface area contributed by atoms with Gasteiger partial charge in [-0.2, -0.15) is 0 Å². The van der Waals surface area contributed by atoms with Crippen molar-refractivity contribution in [3.63, 3.8) is 0 Å². The van der Waals surface area contributed by atoms with Crippen LogP contribution < -0.4 is 10.2 Å². The lowest BCUT2D eigenvalue weighted by molar-refractivity contribution is 0.422. The molecule has 0 aliphatic carbocycles. The van der Waals surface area contributed by atoms with Gasteiger partial charge in [0.1, 0.15) is 17.3 Å². The number of nitrogens with one attached hydrogen (secondary N) is 1. The summed E-state index contributed by atoms with van der Waals surface area (Å²) in [5, 5.41) is 3.25. The molecule has 1 aromatic carbocycles. The molecule has 1 heterocycles. The number of anilines is 1. The molecular weight excluding hydrogens is 270 g/mol. The highest BCUT2D eigenvalue weighted by molar-refractivity contribution is 5.53. The van der Waals surface area contributed by atoms with Gasteiger partial charge in [-0.25, -0.2) is 8.78 Å². The van der Waals surface area contributed by atoms with Gasteiger partial charge in [0.05, 0.1) is 0 Å². The van der Waals surface area contributed by atoms with Crippen LogP contribution in [0.5, 0.6) is 0 Å². The number of benzene rings is 1. The van der Waals surface area contributed by atoms with Crippen LogP contribution in [0.2, 0.25) is 0 Å². The molecule has 0 amide bonds. The molecule has 118 valence electrons. The highest BCUT2D eigenvalue weighted by Gasteiger charge is 2.35. The van der Waals surface area contributed by atoms with E-state index in [1.165, 1.54) is 12.1 Å². The summed E-state index contributed by atoms with van der Waals surface area (Å²) in [6.07, 6.45) is 1.93. The van der Waals surface area contributed by atoms with Gasteiger partial charge in [0, 0.05) is 24.2 Å². The van der Waals surface area contributed by atoms with Gasteiger partial charge in [0.15, 0.2) is 0 Å². The molecule has 0 atom stereocenters. The number of halogens is 2. The molecule has 0 spiro atoms. The summed E-state index contributed by atoms with van der Waals surface area (Å²) in [5.41, 5.74) is 0.493. The summed E-state index contributed by atoms with van der Waals surface area (Å²) in [7, 11) is 0. The van der Waals surface area contributed by atoms with Gasteiger partial charge in [-0.05, 0) is 65.2 Å².